The molecule has 13 heavy (non-hydrogen) atoms. The van der Waals surface area contributed by atoms with E-state index < -0.39 is 0 Å². The van der Waals surface area contributed by atoms with E-state index in [4.69, 9.17) is 4.74 Å². The molecule has 0 bridgehead atoms. The molecule has 0 aliphatic carbocycles. The largest absolute Gasteiger partial charge is 0.373 e. The lowest BCUT2D eigenvalue weighted by Gasteiger charge is -2.23. The average Bonchev–Trinajstić information content (AvgIpc) is 2.50. The summed E-state index contributed by atoms with van der Waals surface area (Å²) in [7, 11) is 0. The Bertz CT molecular complexity index is 290. The van der Waals surface area contributed by atoms with Gasteiger partial charge in [-0.25, -0.2) is 0 Å². The molecule has 1 aliphatic heterocycles. The second-order valence-corrected chi connectivity index (χ2v) is 4.62. The first-order valence-corrected chi connectivity index (χ1v) is 5.89. The predicted octanol–water partition coefficient (Wildman–Crippen LogP) is 3.47. The third-order valence-electron chi connectivity index (χ3n) is 2.62. The number of ether oxygens (including phenoxy) is 1. The third kappa shape index (κ3) is 1.65. The van der Waals surface area contributed by atoms with Crippen LogP contribution < -0.4 is 0 Å². The molecule has 72 valence electrons. The summed E-state index contributed by atoms with van der Waals surface area (Å²) in [5.41, 5.74) is 2.93. The molecule has 2 rings (SSSR count). The van der Waals surface area contributed by atoms with Crippen LogP contribution in [0.2, 0.25) is 0 Å². The Morgan fingerprint density at radius 2 is 2.46 bits per heavy atom. The van der Waals surface area contributed by atoms with Gasteiger partial charge in [0.15, 0.2) is 0 Å². The highest BCUT2D eigenvalue weighted by Crippen LogP contribution is 2.36. The Labute approximate surface area is 83.7 Å². The fourth-order valence-electron chi connectivity index (χ4n) is 2.00. The number of hydrogen-bond acceptors (Lipinski definition) is 2. The van der Waals surface area contributed by atoms with Gasteiger partial charge in [0, 0.05) is 11.3 Å². The van der Waals surface area contributed by atoms with E-state index in [1.807, 2.05) is 11.3 Å². The SMILES string of the molecule is CCCC1OCCc2scc(C)c21. The number of hydrogen-bond donors (Lipinski definition) is 0. The fraction of sp³-hybridized carbons (Fsp3) is 0.636. The van der Waals surface area contributed by atoms with Crippen molar-refractivity contribution in [2.45, 2.75) is 39.2 Å². The Balaban J connectivity index is 2.29. The molecule has 1 atom stereocenters. The maximum absolute atomic E-state index is 5.79. The molecule has 0 radical (unpaired) electrons. The smallest absolute Gasteiger partial charge is 0.0838 e. The van der Waals surface area contributed by atoms with Gasteiger partial charge in [-0.05, 0) is 29.9 Å². The van der Waals surface area contributed by atoms with Gasteiger partial charge in [-0.3, -0.25) is 0 Å². The predicted molar refractivity (Wildman–Crippen MR) is 56.4 cm³/mol. The number of aryl methyl sites for hydroxylation is 1. The Morgan fingerprint density at radius 3 is 3.23 bits per heavy atom. The van der Waals surface area contributed by atoms with Crippen LogP contribution in [0.1, 0.15) is 41.9 Å². The highest BCUT2D eigenvalue weighted by Gasteiger charge is 2.23. The van der Waals surface area contributed by atoms with Crippen LogP contribution >= 0.6 is 11.3 Å². The van der Waals surface area contributed by atoms with Gasteiger partial charge >= 0.3 is 0 Å². The molecule has 1 unspecified atom stereocenters. The first kappa shape index (κ1) is 9.22. The Hall–Kier alpha value is -0.340. The van der Waals surface area contributed by atoms with Crippen molar-refractivity contribution in [3.63, 3.8) is 0 Å². The van der Waals surface area contributed by atoms with Gasteiger partial charge in [0.1, 0.15) is 0 Å². The van der Waals surface area contributed by atoms with Gasteiger partial charge < -0.3 is 4.74 Å². The zero-order valence-electron chi connectivity index (χ0n) is 8.30. The van der Waals surface area contributed by atoms with Crippen molar-refractivity contribution in [3.05, 3.63) is 21.4 Å². The summed E-state index contributed by atoms with van der Waals surface area (Å²) < 4.78 is 5.79. The summed E-state index contributed by atoms with van der Waals surface area (Å²) in [4.78, 5) is 1.56. The molecule has 0 amide bonds. The molecule has 1 aromatic rings. The monoisotopic (exact) mass is 196 g/mol. The summed E-state index contributed by atoms with van der Waals surface area (Å²) in [5, 5.41) is 2.27. The Kier molecular flexibility index (Phi) is 2.70. The standard InChI is InChI=1S/C11H16OS/c1-3-4-9-11-8(2)7-13-10(11)5-6-12-9/h7,9H,3-6H2,1-2H3. The molecule has 0 spiro atoms. The van der Waals surface area contributed by atoms with Crippen molar-refractivity contribution in [3.8, 4) is 0 Å². The molecule has 2 heterocycles. The topological polar surface area (TPSA) is 9.23 Å². The fourth-order valence-corrected chi connectivity index (χ4v) is 3.07. The third-order valence-corrected chi connectivity index (χ3v) is 3.80. The molecule has 1 aliphatic rings. The van der Waals surface area contributed by atoms with Crippen molar-refractivity contribution < 1.29 is 4.74 Å². The van der Waals surface area contributed by atoms with Gasteiger partial charge in [0.05, 0.1) is 12.7 Å². The van der Waals surface area contributed by atoms with Crippen LogP contribution in [0.25, 0.3) is 0 Å². The van der Waals surface area contributed by atoms with Crippen LogP contribution in [-0.4, -0.2) is 6.61 Å². The van der Waals surface area contributed by atoms with E-state index in [2.05, 4.69) is 19.2 Å². The first-order chi connectivity index (χ1) is 6.33. The summed E-state index contributed by atoms with van der Waals surface area (Å²) in [6.45, 7) is 5.34. The minimum atomic E-state index is 0.389. The number of thiophene rings is 1. The van der Waals surface area contributed by atoms with E-state index in [1.54, 1.807) is 4.88 Å². The summed E-state index contributed by atoms with van der Waals surface area (Å²) >= 11 is 1.90. The van der Waals surface area contributed by atoms with Crippen LogP contribution in [0.3, 0.4) is 0 Å². The molecule has 0 saturated heterocycles. The molecule has 1 nitrogen and oxygen atoms in total. The minimum Gasteiger partial charge on any atom is -0.373 e. The van der Waals surface area contributed by atoms with Crippen LogP contribution in [-0.2, 0) is 11.2 Å². The van der Waals surface area contributed by atoms with Crippen LogP contribution in [0.5, 0.6) is 0 Å². The van der Waals surface area contributed by atoms with Crippen molar-refractivity contribution in [2.24, 2.45) is 0 Å². The summed E-state index contributed by atoms with van der Waals surface area (Å²) in [6, 6.07) is 0. The van der Waals surface area contributed by atoms with Gasteiger partial charge in [0.2, 0.25) is 0 Å². The highest BCUT2D eigenvalue weighted by atomic mass is 32.1. The number of fused-ring (bicyclic) bond motifs is 1. The molecule has 0 N–H and O–H groups in total. The molecule has 2 heteroatoms. The van der Waals surface area contributed by atoms with Gasteiger partial charge in [-0.15, -0.1) is 11.3 Å². The maximum atomic E-state index is 5.79. The molecule has 0 saturated carbocycles. The molecule has 0 fully saturated rings. The van der Waals surface area contributed by atoms with E-state index in [0.29, 0.717) is 6.10 Å². The molecule has 0 aromatic carbocycles. The zero-order chi connectivity index (χ0) is 9.26. The lowest BCUT2D eigenvalue weighted by molar-refractivity contribution is 0.0369. The normalized spacial score (nSPS) is 21.5. The van der Waals surface area contributed by atoms with E-state index in [-0.39, 0.29) is 0 Å². The quantitative estimate of drug-likeness (QED) is 0.703. The van der Waals surface area contributed by atoms with E-state index in [9.17, 15) is 0 Å². The van der Waals surface area contributed by atoms with E-state index in [0.717, 1.165) is 13.0 Å². The summed E-state index contributed by atoms with van der Waals surface area (Å²) in [5.74, 6) is 0. The molecular weight excluding hydrogens is 180 g/mol. The van der Waals surface area contributed by atoms with E-state index >= 15 is 0 Å². The molecular formula is C11H16OS. The van der Waals surface area contributed by atoms with Crippen LogP contribution in [0, 0.1) is 6.92 Å². The van der Waals surface area contributed by atoms with Crippen LogP contribution in [0.15, 0.2) is 5.38 Å². The van der Waals surface area contributed by atoms with Crippen LogP contribution in [0.4, 0.5) is 0 Å². The second kappa shape index (κ2) is 3.81. The minimum absolute atomic E-state index is 0.389. The number of rotatable bonds is 2. The average molecular weight is 196 g/mol. The zero-order valence-corrected chi connectivity index (χ0v) is 9.12. The van der Waals surface area contributed by atoms with Gasteiger partial charge in [0.25, 0.3) is 0 Å². The van der Waals surface area contributed by atoms with Crippen molar-refractivity contribution in [2.75, 3.05) is 6.61 Å². The second-order valence-electron chi connectivity index (χ2n) is 3.65. The van der Waals surface area contributed by atoms with E-state index in [1.165, 1.54) is 24.0 Å². The summed E-state index contributed by atoms with van der Waals surface area (Å²) in [6.07, 6.45) is 3.89. The van der Waals surface area contributed by atoms with Gasteiger partial charge in [-0.1, -0.05) is 13.3 Å². The first-order valence-electron chi connectivity index (χ1n) is 5.01. The maximum Gasteiger partial charge on any atom is 0.0838 e. The van der Waals surface area contributed by atoms with Crippen molar-refractivity contribution in [1.82, 2.24) is 0 Å². The lowest BCUT2D eigenvalue weighted by Crippen LogP contribution is -2.14. The highest BCUT2D eigenvalue weighted by molar-refractivity contribution is 7.10. The van der Waals surface area contributed by atoms with Crippen molar-refractivity contribution in [1.29, 1.82) is 0 Å². The Morgan fingerprint density at radius 1 is 1.62 bits per heavy atom. The molecule has 1 aromatic heterocycles. The lowest BCUT2D eigenvalue weighted by atomic mass is 9.99. The van der Waals surface area contributed by atoms with Gasteiger partial charge in [-0.2, -0.15) is 0 Å². The van der Waals surface area contributed by atoms with Crippen molar-refractivity contribution >= 4 is 11.3 Å².